The van der Waals surface area contributed by atoms with Gasteiger partial charge in [0, 0.05) is 6.54 Å². The van der Waals surface area contributed by atoms with Crippen molar-refractivity contribution >= 4 is 11.9 Å². The fourth-order valence-corrected chi connectivity index (χ4v) is 2.97. The molecule has 0 aliphatic heterocycles. The molecule has 1 amide bonds. The number of aliphatic hydroxyl groups excluding tert-OH is 1. The molecule has 0 saturated heterocycles. The van der Waals surface area contributed by atoms with Crippen LogP contribution in [0.25, 0.3) is 0 Å². The first-order valence-corrected chi connectivity index (χ1v) is 6.38. The van der Waals surface area contributed by atoms with Crippen LogP contribution >= 0.6 is 0 Å². The van der Waals surface area contributed by atoms with Gasteiger partial charge in [0.25, 0.3) is 0 Å². The lowest BCUT2D eigenvalue weighted by molar-refractivity contribution is -0.148. The number of hydrogen-bond acceptors (Lipinski definition) is 4. The Morgan fingerprint density at radius 2 is 1.89 bits per heavy atom. The molecule has 5 unspecified atom stereocenters. The first-order chi connectivity index (χ1) is 8.85. The van der Waals surface area contributed by atoms with Gasteiger partial charge >= 0.3 is 5.97 Å². The maximum absolute atomic E-state index is 12.1. The lowest BCUT2D eigenvalue weighted by atomic mass is 9.82. The summed E-state index contributed by atoms with van der Waals surface area (Å²) in [5.41, 5.74) is -1.39. The molecule has 6 heteroatoms. The van der Waals surface area contributed by atoms with E-state index in [1.807, 2.05) is 12.2 Å². The summed E-state index contributed by atoms with van der Waals surface area (Å²) in [5.74, 6) is -2.69. The van der Waals surface area contributed by atoms with Gasteiger partial charge in [0.05, 0.1) is 18.4 Å². The van der Waals surface area contributed by atoms with Crippen LogP contribution in [-0.2, 0) is 9.59 Å². The Morgan fingerprint density at radius 3 is 2.42 bits per heavy atom. The topological polar surface area (TPSA) is 107 Å². The Morgan fingerprint density at radius 1 is 1.32 bits per heavy atom. The molecule has 2 bridgehead atoms. The van der Waals surface area contributed by atoms with E-state index in [0.29, 0.717) is 6.42 Å². The van der Waals surface area contributed by atoms with E-state index < -0.39 is 30.0 Å². The van der Waals surface area contributed by atoms with Gasteiger partial charge in [0.1, 0.15) is 5.60 Å². The number of aliphatic hydroxyl groups is 2. The Hall–Kier alpha value is -1.40. The third kappa shape index (κ3) is 2.64. The minimum atomic E-state index is -1.39. The fraction of sp³-hybridized carbons (Fsp3) is 0.692. The van der Waals surface area contributed by atoms with Crippen LogP contribution in [0.2, 0.25) is 0 Å². The average Bonchev–Trinajstić information content (AvgIpc) is 2.95. The maximum Gasteiger partial charge on any atom is 0.307 e. The molecule has 2 aliphatic carbocycles. The van der Waals surface area contributed by atoms with Crippen LogP contribution in [0.3, 0.4) is 0 Å². The molecule has 1 saturated carbocycles. The van der Waals surface area contributed by atoms with Gasteiger partial charge in [-0.2, -0.15) is 0 Å². The van der Waals surface area contributed by atoms with E-state index in [0.717, 1.165) is 0 Å². The van der Waals surface area contributed by atoms with Crippen molar-refractivity contribution < 1.29 is 24.9 Å². The normalized spacial score (nSPS) is 35.1. The van der Waals surface area contributed by atoms with Gasteiger partial charge in [0.15, 0.2) is 0 Å². The summed E-state index contributed by atoms with van der Waals surface area (Å²) in [5, 5.41) is 30.3. The van der Waals surface area contributed by atoms with Gasteiger partial charge in [-0.25, -0.2) is 0 Å². The standard InChI is InChI=1S/C13H19NO5/c1-13(19,6-15)5-14-11(16)9-7-2-3-8(4-7)10(9)12(17)18/h2-3,7-10,15,19H,4-6H2,1H3,(H,14,16)(H,17,18). The quantitative estimate of drug-likeness (QED) is 0.497. The van der Waals surface area contributed by atoms with Crippen LogP contribution in [0.15, 0.2) is 12.2 Å². The summed E-state index contributed by atoms with van der Waals surface area (Å²) in [4.78, 5) is 23.4. The number of amides is 1. The molecule has 0 heterocycles. The van der Waals surface area contributed by atoms with Gasteiger partial charge in [-0.05, 0) is 25.2 Å². The number of carboxylic acids is 1. The van der Waals surface area contributed by atoms with Gasteiger partial charge in [-0.15, -0.1) is 0 Å². The number of fused-ring (bicyclic) bond motifs is 2. The van der Waals surface area contributed by atoms with Crippen molar-refractivity contribution in [3.63, 3.8) is 0 Å². The summed E-state index contributed by atoms with van der Waals surface area (Å²) >= 11 is 0. The Balaban J connectivity index is 2.02. The van der Waals surface area contributed by atoms with Gasteiger partial charge < -0.3 is 20.6 Å². The number of aliphatic carboxylic acids is 1. The maximum atomic E-state index is 12.1. The molecule has 0 radical (unpaired) electrons. The van der Waals surface area contributed by atoms with Gasteiger partial charge in [0.2, 0.25) is 5.91 Å². The van der Waals surface area contributed by atoms with Crippen molar-refractivity contribution in [2.24, 2.45) is 23.7 Å². The summed E-state index contributed by atoms with van der Waals surface area (Å²) < 4.78 is 0. The second kappa shape index (κ2) is 4.94. The SMILES string of the molecule is CC(O)(CO)CNC(=O)C1C2C=CC(C2)C1C(=O)O. The monoisotopic (exact) mass is 269 g/mol. The zero-order chi connectivity index (χ0) is 14.2. The predicted molar refractivity (Wildman–Crippen MR) is 66.1 cm³/mol. The molecule has 2 aliphatic rings. The molecular weight excluding hydrogens is 250 g/mol. The van der Waals surface area contributed by atoms with E-state index in [9.17, 15) is 19.8 Å². The number of nitrogens with one attached hydrogen (secondary N) is 1. The molecule has 0 aromatic heterocycles. The van der Waals surface area contributed by atoms with Crippen LogP contribution in [0.1, 0.15) is 13.3 Å². The summed E-state index contributed by atoms with van der Waals surface area (Å²) in [6, 6.07) is 0. The first-order valence-electron chi connectivity index (χ1n) is 6.38. The van der Waals surface area contributed by atoms with Crippen molar-refractivity contribution in [1.82, 2.24) is 5.32 Å². The van der Waals surface area contributed by atoms with Crippen molar-refractivity contribution in [2.45, 2.75) is 18.9 Å². The highest BCUT2D eigenvalue weighted by Gasteiger charge is 2.51. The minimum absolute atomic E-state index is 0.0369. The van der Waals surface area contributed by atoms with Crippen LogP contribution in [0, 0.1) is 23.7 Å². The molecule has 0 aromatic carbocycles. The molecule has 2 rings (SSSR count). The van der Waals surface area contributed by atoms with E-state index >= 15 is 0 Å². The van der Waals surface area contributed by atoms with Gasteiger partial charge in [-0.3, -0.25) is 9.59 Å². The number of allylic oxidation sites excluding steroid dienone is 2. The third-order valence-corrected chi connectivity index (χ3v) is 4.03. The summed E-state index contributed by atoms with van der Waals surface area (Å²) in [7, 11) is 0. The first kappa shape index (κ1) is 14.0. The van der Waals surface area contributed by atoms with E-state index in [1.54, 1.807) is 0 Å². The molecule has 0 aromatic rings. The van der Waals surface area contributed by atoms with Gasteiger partial charge in [-0.1, -0.05) is 12.2 Å². The summed E-state index contributed by atoms with van der Waals surface area (Å²) in [6.45, 7) is 0.848. The molecule has 1 fully saturated rings. The Bertz CT molecular complexity index is 417. The highest BCUT2D eigenvalue weighted by atomic mass is 16.4. The largest absolute Gasteiger partial charge is 0.481 e. The van der Waals surface area contributed by atoms with E-state index in [-0.39, 0.29) is 24.3 Å². The Kier molecular flexibility index (Phi) is 3.64. The average molecular weight is 269 g/mol. The minimum Gasteiger partial charge on any atom is -0.481 e. The fourth-order valence-electron chi connectivity index (χ4n) is 2.97. The molecular formula is C13H19NO5. The smallest absolute Gasteiger partial charge is 0.307 e. The number of carbonyl (C=O) groups is 2. The predicted octanol–water partition coefficient (Wildman–Crippen LogP) is -0.631. The van der Waals surface area contributed by atoms with Crippen LogP contribution < -0.4 is 5.32 Å². The number of carbonyl (C=O) groups excluding carboxylic acids is 1. The second-order valence-electron chi connectivity index (χ2n) is 5.71. The van der Waals surface area contributed by atoms with Crippen LogP contribution in [0.4, 0.5) is 0 Å². The highest BCUT2D eigenvalue weighted by molar-refractivity contribution is 5.86. The highest BCUT2D eigenvalue weighted by Crippen LogP contribution is 2.48. The lowest BCUT2D eigenvalue weighted by Crippen LogP contribution is -2.47. The molecule has 19 heavy (non-hydrogen) atoms. The Labute approximate surface area is 111 Å². The molecule has 4 N–H and O–H groups in total. The lowest BCUT2D eigenvalue weighted by Gasteiger charge is -2.26. The van der Waals surface area contributed by atoms with E-state index in [2.05, 4.69) is 5.32 Å². The van der Waals surface area contributed by atoms with E-state index in [4.69, 9.17) is 5.11 Å². The molecule has 106 valence electrons. The van der Waals surface area contributed by atoms with Crippen LogP contribution in [0.5, 0.6) is 0 Å². The number of hydrogen-bond donors (Lipinski definition) is 4. The summed E-state index contributed by atoms with van der Waals surface area (Å²) in [6.07, 6.45) is 4.47. The zero-order valence-corrected chi connectivity index (χ0v) is 10.7. The second-order valence-corrected chi connectivity index (χ2v) is 5.71. The van der Waals surface area contributed by atoms with E-state index in [1.165, 1.54) is 6.92 Å². The van der Waals surface area contributed by atoms with Crippen molar-refractivity contribution in [1.29, 1.82) is 0 Å². The molecule has 0 spiro atoms. The molecule has 5 atom stereocenters. The number of rotatable bonds is 5. The van der Waals surface area contributed by atoms with Crippen molar-refractivity contribution in [2.75, 3.05) is 13.2 Å². The zero-order valence-electron chi connectivity index (χ0n) is 10.7. The van der Waals surface area contributed by atoms with Crippen LogP contribution in [-0.4, -0.2) is 45.9 Å². The molecule has 6 nitrogen and oxygen atoms in total. The van der Waals surface area contributed by atoms with Crippen molar-refractivity contribution in [3.8, 4) is 0 Å². The number of carboxylic acid groups (broad SMARTS) is 1. The third-order valence-electron chi connectivity index (χ3n) is 4.03. The van der Waals surface area contributed by atoms with Crippen molar-refractivity contribution in [3.05, 3.63) is 12.2 Å².